The predicted octanol–water partition coefficient (Wildman–Crippen LogP) is 4.46. The van der Waals surface area contributed by atoms with Crippen LogP contribution in [0.4, 0.5) is 5.69 Å². The zero-order valence-corrected chi connectivity index (χ0v) is 17.4. The monoisotopic (exact) mass is 396 g/mol. The molecule has 28 heavy (non-hydrogen) atoms. The number of ether oxygens (including phenoxy) is 1. The highest BCUT2D eigenvalue weighted by molar-refractivity contribution is 7.19. The van der Waals surface area contributed by atoms with Crippen molar-refractivity contribution in [2.24, 2.45) is 0 Å². The number of thiophene rings is 1. The summed E-state index contributed by atoms with van der Waals surface area (Å²) >= 11 is 1.73. The number of aliphatic hydroxyl groups is 1. The van der Waals surface area contributed by atoms with E-state index in [2.05, 4.69) is 53.1 Å². The minimum absolute atomic E-state index is 0.385. The predicted molar refractivity (Wildman–Crippen MR) is 118 cm³/mol. The van der Waals surface area contributed by atoms with Crippen LogP contribution in [0.1, 0.15) is 23.0 Å². The number of rotatable bonds is 6. The third-order valence-corrected chi connectivity index (χ3v) is 7.07. The maximum absolute atomic E-state index is 10.8. The fourth-order valence-electron chi connectivity index (χ4n) is 4.05. The molecule has 2 heterocycles. The lowest BCUT2D eigenvalue weighted by atomic mass is 10.1. The molecule has 0 bridgehead atoms. The zero-order valence-electron chi connectivity index (χ0n) is 16.6. The molecule has 1 saturated heterocycles. The zero-order chi connectivity index (χ0) is 19.5. The number of fused-ring (bicyclic) bond motifs is 1. The van der Waals surface area contributed by atoms with Crippen LogP contribution in [0.2, 0.25) is 0 Å². The Bertz CT molecular complexity index is 931. The molecule has 1 N–H and O–H groups in total. The summed E-state index contributed by atoms with van der Waals surface area (Å²) in [6.45, 7) is 7.04. The van der Waals surface area contributed by atoms with Crippen LogP contribution in [0.3, 0.4) is 0 Å². The first-order valence-electron chi connectivity index (χ1n) is 9.94. The number of aryl methyl sites for hydroxylation is 1. The minimum Gasteiger partial charge on any atom is -0.495 e. The second kappa shape index (κ2) is 8.52. The van der Waals surface area contributed by atoms with E-state index in [4.69, 9.17) is 4.74 Å². The average molecular weight is 397 g/mol. The molecule has 1 aliphatic rings. The number of methoxy groups -OCH3 is 1. The number of aliphatic hydroxyl groups excluding tert-OH is 1. The van der Waals surface area contributed by atoms with Crippen molar-refractivity contribution in [1.29, 1.82) is 0 Å². The van der Waals surface area contributed by atoms with E-state index in [0.717, 1.165) is 49.8 Å². The van der Waals surface area contributed by atoms with E-state index < -0.39 is 0 Å². The van der Waals surface area contributed by atoms with Crippen LogP contribution in [0, 0.1) is 6.92 Å². The Morgan fingerprint density at radius 3 is 2.50 bits per heavy atom. The van der Waals surface area contributed by atoms with Gasteiger partial charge >= 0.3 is 0 Å². The van der Waals surface area contributed by atoms with Crippen molar-refractivity contribution in [2.75, 3.05) is 44.7 Å². The van der Waals surface area contributed by atoms with Gasteiger partial charge in [0.25, 0.3) is 0 Å². The van der Waals surface area contributed by atoms with E-state index in [1.165, 1.54) is 21.3 Å². The van der Waals surface area contributed by atoms with Crippen LogP contribution >= 0.6 is 11.3 Å². The Balaban J connectivity index is 1.33. The lowest BCUT2D eigenvalue weighted by Gasteiger charge is -2.36. The summed E-state index contributed by atoms with van der Waals surface area (Å²) in [5, 5.41) is 12.1. The van der Waals surface area contributed by atoms with Crippen molar-refractivity contribution in [1.82, 2.24) is 4.90 Å². The summed E-state index contributed by atoms with van der Waals surface area (Å²) in [6.07, 6.45) is 0.395. The standard InChI is InChI=1S/C23H28N2O2S/c1-17-18-7-3-6-10-22(18)28-23(17)20(26)11-12-24-13-15-25(16-14-24)19-8-4-5-9-21(19)27-2/h3-10,20,26H,11-16H2,1-2H3. The lowest BCUT2D eigenvalue weighted by Crippen LogP contribution is -2.46. The van der Waals surface area contributed by atoms with Crippen molar-refractivity contribution < 1.29 is 9.84 Å². The number of anilines is 1. The van der Waals surface area contributed by atoms with Crippen LogP contribution in [0.25, 0.3) is 10.1 Å². The Kier molecular flexibility index (Phi) is 5.85. The highest BCUT2D eigenvalue weighted by Crippen LogP contribution is 2.36. The van der Waals surface area contributed by atoms with Gasteiger partial charge in [0.2, 0.25) is 0 Å². The van der Waals surface area contributed by atoms with E-state index >= 15 is 0 Å². The number of hydrogen-bond donors (Lipinski definition) is 1. The van der Waals surface area contributed by atoms with Crippen molar-refractivity contribution >= 4 is 27.1 Å². The minimum atomic E-state index is -0.385. The van der Waals surface area contributed by atoms with Crippen LogP contribution in [-0.4, -0.2) is 49.8 Å². The molecule has 0 radical (unpaired) electrons. The molecule has 1 atom stereocenters. The first-order chi connectivity index (χ1) is 13.7. The van der Waals surface area contributed by atoms with Crippen LogP contribution in [-0.2, 0) is 0 Å². The second-order valence-electron chi connectivity index (χ2n) is 7.39. The third kappa shape index (κ3) is 3.88. The molecular formula is C23H28N2O2S. The summed E-state index contributed by atoms with van der Waals surface area (Å²) in [6, 6.07) is 16.6. The van der Waals surface area contributed by atoms with E-state index in [-0.39, 0.29) is 6.10 Å². The fourth-order valence-corrected chi connectivity index (χ4v) is 5.28. The summed E-state index contributed by atoms with van der Waals surface area (Å²) in [4.78, 5) is 5.97. The van der Waals surface area contributed by atoms with Crippen LogP contribution in [0.5, 0.6) is 5.75 Å². The molecule has 0 aliphatic carbocycles. The number of hydrogen-bond acceptors (Lipinski definition) is 5. The molecule has 3 aromatic rings. The van der Waals surface area contributed by atoms with Crippen molar-refractivity contribution in [3.63, 3.8) is 0 Å². The maximum atomic E-state index is 10.8. The smallest absolute Gasteiger partial charge is 0.142 e. The van der Waals surface area contributed by atoms with Gasteiger partial charge in [-0.05, 0) is 42.5 Å². The molecule has 2 aromatic carbocycles. The van der Waals surface area contributed by atoms with Crippen LogP contribution < -0.4 is 9.64 Å². The molecule has 5 heteroatoms. The molecule has 1 aliphatic heterocycles. The Labute approximate surface area is 171 Å². The molecule has 0 saturated carbocycles. The van der Waals surface area contributed by atoms with Gasteiger partial charge in [-0.3, -0.25) is 4.90 Å². The van der Waals surface area contributed by atoms with E-state index in [1.54, 1.807) is 18.4 Å². The second-order valence-corrected chi connectivity index (χ2v) is 8.48. The van der Waals surface area contributed by atoms with Gasteiger partial charge in [-0.25, -0.2) is 0 Å². The van der Waals surface area contributed by atoms with Gasteiger partial charge in [-0.1, -0.05) is 30.3 Å². The first kappa shape index (κ1) is 19.2. The largest absolute Gasteiger partial charge is 0.495 e. The summed E-state index contributed by atoms with van der Waals surface area (Å²) in [5.74, 6) is 0.937. The van der Waals surface area contributed by atoms with Gasteiger partial charge in [0.1, 0.15) is 5.75 Å². The number of nitrogens with zero attached hydrogens (tertiary/aromatic N) is 2. The normalized spacial score (nSPS) is 16.5. The van der Waals surface area contributed by atoms with Gasteiger partial charge in [-0.2, -0.15) is 0 Å². The molecule has 0 amide bonds. The molecule has 1 aromatic heterocycles. The quantitative estimate of drug-likeness (QED) is 0.667. The van der Waals surface area contributed by atoms with Crippen molar-refractivity contribution in [2.45, 2.75) is 19.4 Å². The Hall–Kier alpha value is -2.08. The third-order valence-electron chi connectivity index (χ3n) is 5.70. The topological polar surface area (TPSA) is 35.9 Å². The first-order valence-corrected chi connectivity index (χ1v) is 10.8. The van der Waals surface area contributed by atoms with Crippen LogP contribution in [0.15, 0.2) is 48.5 Å². The Morgan fingerprint density at radius 2 is 1.75 bits per heavy atom. The molecule has 4 nitrogen and oxygen atoms in total. The van der Waals surface area contributed by atoms with Crippen molar-refractivity contribution in [3.05, 3.63) is 59.0 Å². The van der Waals surface area contributed by atoms with Crippen molar-refractivity contribution in [3.8, 4) is 5.75 Å². The molecule has 1 fully saturated rings. The van der Waals surface area contributed by atoms with Gasteiger partial charge in [0.15, 0.2) is 0 Å². The molecule has 1 unspecified atom stereocenters. The highest BCUT2D eigenvalue weighted by Gasteiger charge is 2.21. The van der Waals surface area contributed by atoms with Gasteiger partial charge in [0, 0.05) is 42.3 Å². The van der Waals surface area contributed by atoms with Gasteiger partial charge in [0.05, 0.1) is 18.9 Å². The molecular weight excluding hydrogens is 368 g/mol. The number of para-hydroxylation sites is 2. The van der Waals surface area contributed by atoms with Gasteiger partial charge < -0.3 is 14.7 Å². The Morgan fingerprint density at radius 1 is 1.04 bits per heavy atom. The average Bonchev–Trinajstić information content (AvgIpc) is 3.09. The fraction of sp³-hybridized carbons (Fsp3) is 0.391. The SMILES string of the molecule is COc1ccccc1N1CCN(CCC(O)c2sc3ccccc3c2C)CC1. The molecule has 148 valence electrons. The van der Waals surface area contributed by atoms with E-state index in [9.17, 15) is 5.11 Å². The molecule has 0 spiro atoms. The summed E-state index contributed by atoms with van der Waals surface area (Å²) in [7, 11) is 1.73. The molecule has 4 rings (SSSR count). The lowest BCUT2D eigenvalue weighted by molar-refractivity contribution is 0.142. The number of benzene rings is 2. The highest BCUT2D eigenvalue weighted by atomic mass is 32.1. The van der Waals surface area contributed by atoms with Gasteiger partial charge in [-0.15, -0.1) is 11.3 Å². The summed E-state index contributed by atoms with van der Waals surface area (Å²) < 4.78 is 6.77. The maximum Gasteiger partial charge on any atom is 0.142 e. The number of piperazine rings is 1. The summed E-state index contributed by atoms with van der Waals surface area (Å²) in [5.41, 5.74) is 2.40. The van der Waals surface area contributed by atoms with E-state index in [1.807, 2.05) is 12.1 Å². The van der Waals surface area contributed by atoms with E-state index in [0.29, 0.717) is 0 Å².